The van der Waals surface area contributed by atoms with Crippen molar-refractivity contribution >= 4 is 24.0 Å². The van der Waals surface area contributed by atoms with E-state index in [1.807, 2.05) is 0 Å². The van der Waals surface area contributed by atoms with Crippen molar-refractivity contribution in [2.24, 2.45) is 0 Å². The van der Waals surface area contributed by atoms with E-state index < -0.39 is 35.2 Å². The number of carbonyl (C=O) groups is 3. The van der Waals surface area contributed by atoms with Crippen molar-refractivity contribution in [2.75, 3.05) is 14.2 Å². The number of nitrogens with zero attached hydrogens (tertiary/aromatic N) is 1. The normalized spacial score (nSPS) is 16.5. The van der Waals surface area contributed by atoms with Gasteiger partial charge in [-0.2, -0.15) is 0 Å². The van der Waals surface area contributed by atoms with E-state index in [9.17, 15) is 24.5 Å². The topological polar surface area (TPSA) is 153 Å². The predicted octanol–water partition coefficient (Wildman–Crippen LogP) is 3.24. The quantitative estimate of drug-likeness (QED) is 0.294. The molecular formula is C20H22N2O10. The summed E-state index contributed by atoms with van der Waals surface area (Å²) < 4.78 is 24.6. The standard InChI is InChI=1S/C20H22N2O10/c1-10-16(31-19(24)29-5)15(13-7-6-8-14(9-13)22(26)27)17(11(2)21-10)32-20(25)30-12(3)18(23)28-4/h6-9,12,15,21H,1-5H3. The Morgan fingerprint density at radius 2 is 1.62 bits per heavy atom. The van der Waals surface area contributed by atoms with Crippen molar-refractivity contribution in [1.82, 2.24) is 5.32 Å². The molecule has 0 amide bonds. The largest absolute Gasteiger partial charge is 0.514 e. The number of nitro groups is 1. The van der Waals surface area contributed by atoms with Crippen LogP contribution in [0.4, 0.5) is 15.3 Å². The van der Waals surface area contributed by atoms with Crippen molar-refractivity contribution in [3.8, 4) is 0 Å². The minimum absolute atomic E-state index is 0.00763. The molecule has 2 unspecified atom stereocenters. The van der Waals surface area contributed by atoms with Gasteiger partial charge in [0.05, 0.1) is 30.5 Å². The summed E-state index contributed by atoms with van der Waals surface area (Å²) in [5, 5.41) is 14.2. The van der Waals surface area contributed by atoms with E-state index in [0.29, 0.717) is 17.0 Å². The Balaban J connectivity index is 2.49. The molecule has 0 aliphatic carbocycles. The van der Waals surface area contributed by atoms with Crippen LogP contribution >= 0.6 is 0 Å². The number of dihydropyridines is 1. The van der Waals surface area contributed by atoms with Crippen molar-refractivity contribution in [1.29, 1.82) is 0 Å². The van der Waals surface area contributed by atoms with Crippen LogP contribution in [0.5, 0.6) is 0 Å². The molecule has 0 radical (unpaired) electrons. The number of esters is 1. The van der Waals surface area contributed by atoms with Crippen molar-refractivity contribution in [3.05, 3.63) is 62.9 Å². The van der Waals surface area contributed by atoms with Crippen LogP contribution in [0.15, 0.2) is 47.2 Å². The number of allylic oxidation sites excluding steroid dienone is 2. The van der Waals surface area contributed by atoms with Gasteiger partial charge in [-0.3, -0.25) is 10.1 Å². The van der Waals surface area contributed by atoms with Crippen molar-refractivity contribution < 1.29 is 43.0 Å². The van der Waals surface area contributed by atoms with Gasteiger partial charge in [0.2, 0.25) is 0 Å². The molecule has 0 saturated carbocycles. The number of methoxy groups -OCH3 is 2. The molecule has 0 spiro atoms. The van der Waals surface area contributed by atoms with E-state index in [4.69, 9.17) is 14.2 Å². The summed E-state index contributed by atoms with van der Waals surface area (Å²) in [6.45, 7) is 4.47. The van der Waals surface area contributed by atoms with Gasteiger partial charge in [-0.15, -0.1) is 0 Å². The van der Waals surface area contributed by atoms with Gasteiger partial charge in [0.1, 0.15) is 17.4 Å². The molecule has 1 aliphatic rings. The fraction of sp³-hybridized carbons (Fsp3) is 0.350. The van der Waals surface area contributed by atoms with Crippen LogP contribution < -0.4 is 5.32 Å². The van der Waals surface area contributed by atoms with Gasteiger partial charge in [-0.1, -0.05) is 12.1 Å². The number of nitro benzene ring substituents is 1. The van der Waals surface area contributed by atoms with Crippen molar-refractivity contribution in [3.63, 3.8) is 0 Å². The highest BCUT2D eigenvalue weighted by molar-refractivity contribution is 5.77. The highest BCUT2D eigenvalue weighted by Gasteiger charge is 2.36. The Morgan fingerprint density at radius 1 is 1.03 bits per heavy atom. The second kappa shape index (κ2) is 10.3. The number of nitrogens with one attached hydrogen (secondary N) is 1. The van der Waals surface area contributed by atoms with Crippen LogP contribution in [0.1, 0.15) is 32.3 Å². The molecule has 1 heterocycles. The number of hydrogen-bond acceptors (Lipinski definition) is 11. The van der Waals surface area contributed by atoms with E-state index in [1.165, 1.54) is 31.2 Å². The molecule has 172 valence electrons. The van der Waals surface area contributed by atoms with E-state index in [-0.39, 0.29) is 17.2 Å². The number of rotatable bonds is 6. The maximum atomic E-state index is 12.3. The number of carbonyl (C=O) groups excluding carboxylic acids is 3. The lowest BCUT2D eigenvalue weighted by Gasteiger charge is -2.30. The van der Waals surface area contributed by atoms with E-state index >= 15 is 0 Å². The molecule has 0 fully saturated rings. The van der Waals surface area contributed by atoms with Crippen molar-refractivity contribution in [2.45, 2.75) is 32.8 Å². The van der Waals surface area contributed by atoms with Gasteiger partial charge in [0, 0.05) is 12.1 Å². The Labute approximate surface area is 182 Å². The third kappa shape index (κ3) is 5.53. The number of hydrogen-bond donors (Lipinski definition) is 1. The van der Waals surface area contributed by atoms with E-state index in [2.05, 4.69) is 14.8 Å². The maximum absolute atomic E-state index is 12.3. The Hall–Kier alpha value is -4.09. The highest BCUT2D eigenvalue weighted by Crippen LogP contribution is 2.40. The molecule has 12 heteroatoms. The first kappa shape index (κ1) is 24.2. The third-order valence-corrected chi connectivity index (χ3v) is 4.41. The number of benzene rings is 1. The number of non-ortho nitro benzene ring substituents is 1. The summed E-state index contributed by atoms with van der Waals surface area (Å²) in [7, 11) is 2.24. The van der Waals surface area contributed by atoms with Gasteiger partial charge >= 0.3 is 18.3 Å². The molecule has 0 aromatic heterocycles. The maximum Gasteiger partial charge on any atom is 0.514 e. The fourth-order valence-electron chi connectivity index (χ4n) is 2.95. The molecule has 2 atom stereocenters. The summed E-state index contributed by atoms with van der Waals surface area (Å²) in [6.07, 6.45) is -3.52. The predicted molar refractivity (Wildman–Crippen MR) is 107 cm³/mol. The minimum Gasteiger partial charge on any atom is -0.466 e. The molecule has 1 N–H and O–H groups in total. The first-order chi connectivity index (χ1) is 15.1. The smallest absolute Gasteiger partial charge is 0.466 e. The molecule has 0 saturated heterocycles. The van der Waals surface area contributed by atoms with Gasteiger partial charge in [0.25, 0.3) is 5.69 Å². The molecular weight excluding hydrogens is 428 g/mol. The lowest BCUT2D eigenvalue weighted by Crippen LogP contribution is -2.31. The zero-order valence-electron chi connectivity index (χ0n) is 18.0. The first-order valence-corrected chi connectivity index (χ1v) is 9.24. The molecule has 1 aromatic rings. The molecule has 0 bridgehead atoms. The Morgan fingerprint density at radius 3 is 2.16 bits per heavy atom. The van der Waals surface area contributed by atoms with Crippen LogP contribution in [0.2, 0.25) is 0 Å². The van der Waals surface area contributed by atoms with E-state index in [1.54, 1.807) is 13.8 Å². The molecule has 1 aromatic carbocycles. The summed E-state index contributed by atoms with van der Waals surface area (Å²) >= 11 is 0. The zero-order valence-corrected chi connectivity index (χ0v) is 18.0. The fourth-order valence-corrected chi connectivity index (χ4v) is 2.95. The summed E-state index contributed by atoms with van der Waals surface area (Å²) in [6, 6.07) is 5.51. The average Bonchev–Trinajstić information content (AvgIpc) is 2.76. The SMILES string of the molecule is COC(=O)OC1=C(C)NC(C)=C(OC(=O)OC(C)C(=O)OC)C1c1cccc([N+](=O)[O-])c1. The second-order valence-corrected chi connectivity index (χ2v) is 6.58. The Bertz CT molecular complexity index is 998. The summed E-state index contributed by atoms with van der Waals surface area (Å²) in [4.78, 5) is 46.3. The number of ether oxygens (including phenoxy) is 5. The monoisotopic (exact) mass is 450 g/mol. The van der Waals surface area contributed by atoms with Gasteiger partial charge in [0.15, 0.2) is 6.10 Å². The molecule has 32 heavy (non-hydrogen) atoms. The Kier molecular flexibility index (Phi) is 7.77. The average molecular weight is 450 g/mol. The molecule has 1 aliphatic heterocycles. The molecule has 12 nitrogen and oxygen atoms in total. The second-order valence-electron chi connectivity index (χ2n) is 6.58. The van der Waals surface area contributed by atoms with Crippen LogP contribution in [0.3, 0.4) is 0 Å². The summed E-state index contributed by atoms with van der Waals surface area (Å²) in [5.74, 6) is -1.91. The van der Waals surface area contributed by atoms with Crippen LogP contribution in [0.25, 0.3) is 0 Å². The highest BCUT2D eigenvalue weighted by atomic mass is 16.7. The summed E-state index contributed by atoms with van der Waals surface area (Å²) in [5.41, 5.74) is 0.795. The minimum atomic E-state index is -1.25. The van der Waals surface area contributed by atoms with E-state index in [0.717, 1.165) is 14.2 Å². The van der Waals surface area contributed by atoms with Gasteiger partial charge < -0.3 is 29.0 Å². The lowest BCUT2D eigenvalue weighted by molar-refractivity contribution is -0.384. The lowest BCUT2D eigenvalue weighted by atomic mass is 9.90. The zero-order chi connectivity index (χ0) is 24.0. The van der Waals surface area contributed by atoms with Crippen LogP contribution in [-0.2, 0) is 28.5 Å². The third-order valence-electron chi connectivity index (χ3n) is 4.41. The van der Waals surface area contributed by atoms with Gasteiger partial charge in [-0.05, 0) is 26.3 Å². The van der Waals surface area contributed by atoms with Gasteiger partial charge in [-0.25, -0.2) is 14.4 Å². The molecule has 2 rings (SSSR count). The first-order valence-electron chi connectivity index (χ1n) is 9.24. The van der Waals surface area contributed by atoms with Crippen LogP contribution in [0, 0.1) is 10.1 Å². The van der Waals surface area contributed by atoms with Crippen LogP contribution in [-0.4, -0.2) is 43.5 Å².